The Balaban J connectivity index is 3.08. The molecule has 2 rings (SSSR count). The van der Waals surface area contributed by atoms with Crippen molar-refractivity contribution in [2.24, 2.45) is 0 Å². The second-order valence-electron chi connectivity index (χ2n) is 4.30. The third-order valence-corrected chi connectivity index (χ3v) is 3.65. The number of rotatable bonds is 0. The molecule has 1 aromatic carbocycles. The van der Waals surface area contributed by atoms with Crippen LogP contribution in [-0.4, -0.2) is 9.97 Å². The lowest BCUT2D eigenvalue weighted by atomic mass is 9.94. The minimum atomic E-state index is 0.329. The van der Waals surface area contributed by atoms with E-state index in [-0.39, 0.29) is 0 Å². The molecule has 0 N–H and O–H groups in total. The van der Waals surface area contributed by atoms with Gasteiger partial charge in [-0.2, -0.15) is 0 Å². The van der Waals surface area contributed by atoms with Crippen molar-refractivity contribution in [3.05, 3.63) is 33.2 Å². The van der Waals surface area contributed by atoms with Crippen molar-refractivity contribution in [2.45, 2.75) is 34.6 Å². The summed E-state index contributed by atoms with van der Waals surface area (Å²) in [5.41, 5.74) is 7.01. The van der Waals surface area contributed by atoms with Gasteiger partial charge >= 0.3 is 0 Å². The van der Waals surface area contributed by atoms with Crippen molar-refractivity contribution in [1.29, 1.82) is 0 Å². The minimum absolute atomic E-state index is 0.329. The normalized spacial score (nSPS) is 11.1. The predicted molar refractivity (Wildman–Crippen MR) is 68.2 cm³/mol. The molecule has 2 aromatic rings. The maximum atomic E-state index is 5.92. The molecule has 0 aliphatic heterocycles. The Morgan fingerprint density at radius 2 is 1.31 bits per heavy atom. The number of aromatic nitrogens is 2. The highest BCUT2D eigenvalue weighted by molar-refractivity contribution is 6.28. The van der Waals surface area contributed by atoms with Crippen molar-refractivity contribution in [2.75, 3.05) is 0 Å². The van der Waals surface area contributed by atoms with Gasteiger partial charge in [-0.1, -0.05) is 0 Å². The third kappa shape index (κ3) is 1.49. The van der Waals surface area contributed by atoms with E-state index in [0.29, 0.717) is 5.28 Å². The summed E-state index contributed by atoms with van der Waals surface area (Å²) in [5, 5.41) is 1.47. The van der Waals surface area contributed by atoms with Crippen LogP contribution in [-0.2, 0) is 0 Å². The zero-order valence-electron chi connectivity index (χ0n) is 10.3. The van der Waals surface area contributed by atoms with Gasteiger partial charge in [0.15, 0.2) is 0 Å². The summed E-state index contributed by atoms with van der Waals surface area (Å²) in [5.74, 6) is 0. The molecular weight excluding hydrogens is 220 g/mol. The second kappa shape index (κ2) is 3.70. The number of hydrogen-bond donors (Lipinski definition) is 0. The van der Waals surface area contributed by atoms with E-state index in [0.717, 1.165) is 16.6 Å². The lowest BCUT2D eigenvalue weighted by molar-refractivity contribution is 1.12. The Bertz CT molecular complexity index is 588. The van der Waals surface area contributed by atoms with Crippen LogP contribution in [0.5, 0.6) is 0 Å². The lowest BCUT2D eigenvalue weighted by Gasteiger charge is -2.14. The molecule has 3 heteroatoms. The van der Waals surface area contributed by atoms with Gasteiger partial charge < -0.3 is 0 Å². The molecule has 0 radical (unpaired) electrons. The van der Waals surface area contributed by atoms with Gasteiger partial charge in [0.25, 0.3) is 0 Å². The molecular formula is C13H15ClN2. The standard InChI is InChI=1S/C13H15ClN2/c1-6-7(2)9(4)12-11(8(6)3)10(5)15-13(14)16-12/h1-5H3. The first-order valence-corrected chi connectivity index (χ1v) is 5.71. The molecule has 0 aliphatic carbocycles. The Morgan fingerprint density at radius 3 is 1.94 bits per heavy atom. The molecule has 0 saturated carbocycles. The summed E-state index contributed by atoms with van der Waals surface area (Å²) in [6.45, 7) is 10.5. The summed E-state index contributed by atoms with van der Waals surface area (Å²) >= 11 is 5.92. The molecule has 0 atom stereocenters. The fourth-order valence-corrected chi connectivity index (χ4v) is 2.40. The zero-order valence-corrected chi connectivity index (χ0v) is 11.0. The average Bonchev–Trinajstić information content (AvgIpc) is 2.22. The highest BCUT2D eigenvalue weighted by Gasteiger charge is 2.13. The maximum Gasteiger partial charge on any atom is 0.223 e. The van der Waals surface area contributed by atoms with E-state index in [2.05, 4.69) is 37.7 Å². The Kier molecular flexibility index (Phi) is 2.62. The van der Waals surface area contributed by atoms with Crippen LogP contribution in [0.25, 0.3) is 10.9 Å². The highest BCUT2D eigenvalue weighted by atomic mass is 35.5. The van der Waals surface area contributed by atoms with Crippen molar-refractivity contribution in [1.82, 2.24) is 9.97 Å². The Morgan fingerprint density at radius 1 is 0.750 bits per heavy atom. The van der Waals surface area contributed by atoms with E-state index in [9.17, 15) is 0 Å². The smallest absolute Gasteiger partial charge is 0.223 e. The quantitative estimate of drug-likeness (QED) is 0.648. The first-order valence-electron chi connectivity index (χ1n) is 5.33. The summed E-state index contributed by atoms with van der Waals surface area (Å²) in [4.78, 5) is 8.58. The van der Waals surface area contributed by atoms with Crippen LogP contribution in [0, 0.1) is 34.6 Å². The van der Waals surface area contributed by atoms with Gasteiger partial charge in [0.2, 0.25) is 5.28 Å². The van der Waals surface area contributed by atoms with E-state index in [1.165, 1.54) is 22.3 Å². The van der Waals surface area contributed by atoms with Crippen molar-refractivity contribution in [3.8, 4) is 0 Å². The fourth-order valence-electron chi connectivity index (χ4n) is 2.19. The molecule has 0 aliphatic rings. The molecule has 0 unspecified atom stereocenters. The fraction of sp³-hybridized carbons (Fsp3) is 0.385. The van der Waals surface area contributed by atoms with Gasteiger partial charge in [0, 0.05) is 5.39 Å². The van der Waals surface area contributed by atoms with Gasteiger partial charge in [0.05, 0.1) is 11.2 Å². The highest BCUT2D eigenvalue weighted by Crippen LogP contribution is 2.29. The number of fused-ring (bicyclic) bond motifs is 1. The monoisotopic (exact) mass is 234 g/mol. The first-order chi connectivity index (χ1) is 7.43. The molecule has 0 saturated heterocycles. The SMILES string of the molecule is Cc1c(C)c(C)c2c(C)nc(Cl)nc2c1C. The summed E-state index contributed by atoms with van der Waals surface area (Å²) in [6.07, 6.45) is 0. The molecule has 0 amide bonds. The number of aryl methyl sites for hydroxylation is 3. The maximum absolute atomic E-state index is 5.92. The predicted octanol–water partition coefficient (Wildman–Crippen LogP) is 3.83. The molecule has 0 fully saturated rings. The average molecular weight is 235 g/mol. The number of benzene rings is 1. The van der Waals surface area contributed by atoms with E-state index in [1.807, 2.05) is 6.92 Å². The van der Waals surface area contributed by atoms with Crippen LogP contribution >= 0.6 is 11.6 Å². The van der Waals surface area contributed by atoms with E-state index in [1.54, 1.807) is 0 Å². The summed E-state index contributed by atoms with van der Waals surface area (Å²) in [7, 11) is 0. The number of nitrogens with zero attached hydrogens (tertiary/aromatic N) is 2. The molecule has 1 heterocycles. The molecule has 0 bridgehead atoms. The van der Waals surface area contributed by atoms with Crippen LogP contribution in [0.1, 0.15) is 27.9 Å². The third-order valence-electron chi connectivity index (χ3n) is 3.48. The van der Waals surface area contributed by atoms with Crippen LogP contribution in [0.2, 0.25) is 5.28 Å². The summed E-state index contributed by atoms with van der Waals surface area (Å²) < 4.78 is 0. The lowest BCUT2D eigenvalue weighted by Crippen LogP contribution is -1.99. The zero-order chi connectivity index (χ0) is 12.0. The largest absolute Gasteiger partial charge is 0.223 e. The van der Waals surface area contributed by atoms with Gasteiger partial charge in [-0.3, -0.25) is 0 Å². The van der Waals surface area contributed by atoms with E-state index in [4.69, 9.17) is 11.6 Å². The number of hydrogen-bond acceptors (Lipinski definition) is 2. The van der Waals surface area contributed by atoms with Crippen molar-refractivity contribution < 1.29 is 0 Å². The molecule has 0 spiro atoms. The van der Waals surface area contributed by atoms with Crippen molar-refractivity contribution >= 4 is 22.5 Å². The van der Waals surface area contributed by atoms with Crippen molar-refractivity contribution in [3.63, 3.8) is 0 Å². The van der Waals surface area contributed by atoms with E-state index < -0.39 is 0 Å². The van der Waals surface area contributed by atoms with E-state index >= 15 is 0 Å². The minimum Gasteiger partial charge on any atom is -0.223 e. The summed E-state index contributed by atoms with van der Waals surface area (Å²) in [6, 6.07) is 0. The molecule has 16 heavy (non-hydrogen) atoms. The molecule has 2 nitrogen and oxygen atoms in total. The van der Waals surface area contributed by atoms with Crippen LogP contribution in [0.4, 0.5) is 0 Å². The van der Waals surface area contributed by atoms with Crippen LogP contribution < -0.4 is 0 Å². The topological polar surface area (TPSA) is 25.8 Å². The molecule has 1 aromatic heterocycles. The van der Waals surface area contributed by atoms with Gasteiger partial charge in [-0.25, -0.2) is 9.97 Å². The van der Waals surface area contributed by atoms with Crippen LogP contribution in [0.3, 0.4) is 0 Å². The Labute approximate surface area is 101 Å². The van der Waals surface area contributed by atoms with Crippen LogP contribution in [0.15, 0.2) is 0 Å². The van der Waals surface area contributed by atoms with Gasteiger partial charge in [-0.15, -0.1) is 0 Å². The first kappa shape index (κ1) is 11.3. The Hall–Kier alpha value is -1.15. The second-order valence-corrected chi connectivity index (χ2v) is 4.64. The van der Waals surface area contributed by atoms with Gasteiger partial charge in [-0.05, 0) is 68.5 Å². The number of halogens is 1. The molecule has 84 valence electrons. The van der Waals surface area contributed by atoms with Gasteiger partial charge in [0.1, 0.15) is 0 Å².